The van der Waals surface area contributed by atoms with Crippen LogP contribution in [0.15, 0.2) is 5.16 Å². The molecule has 1 atom stereocenters. The number of nitrogens with zero attached hydrogens (tertiary/aromatic N) is 2. The van der Waals surface area contributed by atoms with Crippen LogP contribution >= 0.6 is 0 Å². The van der Waals surface area contributed by atoms with Crippen LogP contribution in [-0.2, 0) is 14.6 Å². The minimum absolute atomic E-state index is 0.0430. The van der Waals surface area contributed by atoms with Gasteiger partial charge in [-0.15, -0.1) is 0 Å². The van der Waals surface area contributed by atoms with Crippen LogP contribution in [0.2, 0.25) is 0 Å². The van der Waals surface area contributed by atoms with E-state index in [1.807, 2.05) is 0 Å². The summed E-state index contributed by atoms with van der Waals surface area (Å²) in [6.45, 7) is 0.385. The second-order valence-corrected chi connectivity index (χ2v) is 7.43. The molecule has 108 valence electrons. The van der Waals surface area contributed by atoms with Crippen molar-refractivity contribution in [1.29, 1.82) is 0 Å². The highest BCUT2D eigenvalue weighted by atomic mass is 32.2. The topological polar surface area (TPSA) is 113 Å². The maximum absolute atomic E-state index is 12.3. The van der Waals surface area contributed by atoms with Crippen LogP contribution in [0, 0.1) is 5.92 Å². The minimum atomic E-state index is -3.05. The van der Waals surface area contributed by atoms with E-state index in [9.17, 15) is 13.2 Å². The average Bonchev–Trinajstić information content (AvgIpc) is 3.12. The Morgan fingerprint density at radius 3 is 2.53 bits per heavy atom. The molecule has 2 aliphatic rings. The molecule has 3 N–H and O–H groups in total. The number of amidine groups is 1. The van der Waals surface area contributed by atoms with Gasteiger partial charge in [-0.05, 0) is 19.3 Å². The Morgan fingerprint density at radius 2 is 2.05 bits per heavy atom. The summed E-state index contributed by atoms with van der Waals surface area (Å²) in [4.78, 5) is 14.0. The van der Waals surface area contributed by atoms with Crippen molar-refractivity contribution in [2.45, 2.75) is 31.7 Å². The molecular weight excluding hydrogens is 270 g/mol. The highest BCUT2D eigenvalue weighted by Crippen LogP contribution is 2.30. The summed E-state index contributed by atoms with van der Waals surface area (Å²) in [5, 5.41) is 11.4. The molecule has 1 saturated carbocycles. The number of oxime groups is 1. The first-order valence-electron chi connectivity index (χ1n) is 6.40. The number of hydrogen-bond acceptors (Lipinski definition) is 5. The predicted octanol–water partition coefficient (Wildman–Crippen LogP) is -0.451. The number of carbonyl (C=O) groups is 1. The molecule has 1 aliphatic carbocycles. The zero-order chi connectivity index (χ0) is 14.0. The van der Waals surface area contributed by atoms with Gasteiger partial charge in [-0.1, -0.05) is 5.16 Å². The third-order valence-corrected chi connectivity index (χ3v) is 5.36. The number of rotatable bonds is 5. The predicted molar refractivity (Wildman–Crippen MR) is 69.5 cm³/mol. The van der Waals surface area contributed by atoms with Gasteiger partial charge in [-0.25, -0.2) is 8.42 Å². The molecule has 1 saturated heterocycles. The summed E-state index contributed by atoms with van der Waals surface area (Å²) in [6, 6.07) is 0.197. The molecule has 0 radical (unpaired) electrons. The van der Waals surface area contributed by atoms with E-state index in [4.69, 9.17) is 10.9 Å². The van der Waals surface area contributed by atoms with E-state index in [-0.39, 0.29) is 29.3 Å². The van der Waals surface area contributed by atoms with E-state index in [0.29, 0.717) is 19.4 Å². The van der Waals surface area contributed by atoms with Gasteiger partial charge in [-0.3, -0.25) is 4.79 Å². The molecule has 0 aromatic heterocycles. The van der Waals surface area contributed by atoms with Crippen LogP contribution in [-0.4, -0.2) is 54.4 Å². The Kier molecular flexibility index (Phi) is 3.98. The quantitative estimate of drug-likeness (QED) is 0.308. The third-order valence-electron chi connectivity index (χ3n) is 3.59. The summed E-state index contributed by atoms with van der Waals surface area (Å²) in [5.74, 6) is -0.384. The van der Waals surface area contributed by atoms with Crippen molar-refractivity contribution in [3.05, 3.63) is 0 Å². The van der Waals surface area contributed by atoms with Crippen LogP contribution < -0.4 is 5.73 Å². The van der Waals surface area contributed by atoms with Crippen LogP contribution in [0.5, 0.6) is 0 Å². The molecule has 8 heteroatoms. The number of carbonyl (C=O) groups excluding carboxylic acids is 1. The highest BCUT2D eigenvalue weighted by molar-refractivity contribution is 7.91. The van der Waals surface area contributed by atoms with E-state index in [0.717, 1.165) is 12.8 Å². The fourth-order valence-corrected chi connectivity index (χ4v) is 4.10. The fourth-order valence-electron chi connectivity index (χ4n) is 2.37. The van der Waals surface area contributed by atoms with Gasteiger partial charge < -0.3 is 15.8 Å². The van der Waals surface area contributed by atoms with Gasteiger partial charge >= 0.3 is 0 Å². The van der Waals surface area contributed by atoms with Crippen LogP contribution in [0.4, 0.5) is 0 Å². The molecule has 1 heterocycles. The van der Waals surface area contributed by atoms with Crippen molar-refractivity contribution in [3.63, 3.8) is 0 Å². The van der Waals surface area contributed by atoms with Gasteiger partial charge in [0, 0.05) is 19.0 Å². The lowest BCUT2D eigenvalue weighted by Crippen LogP contribution is -2.40. The van der Waals surface area contributed by atoms with E-state index >= 15 is 0 Å². The van der Waals surface area contributed by atoms with Gasteiger partial charge in [0.25, 0.3) is 0 Å². The Bertz CT molecular complexity index is 484. The van der Waals surface area contributed by atoms with E-state index < -0.39 is 15.8 Å². The summed E-state index contributed by atoms with van der Waals surface area (Å²) < 4.78 is 22.8. The zero-order valence-electron chi connectivity index (χ0n) is 10.7. The minimum Gasteiger partial charge on any atom is -0.409 e. The normalized spacial score (nSPS) is 26.3. The van der Waals surface area contributed by atoms with Crippen molar-refractivity contribution in [3.8, 4) is 0 Å². The summed E-state index contributed by atoms with van der Waals surface area (Å²) in [7, 11) is -3.05. The van der Waals surface area contributed by atoms with Crippen molar-refractivity contribution >= 4 is 21.6 Å². The zero-order valence-corrected chi connectivity index (χ0v) is 11.5. The largest absolute Gasteiger partial charge is 0.409 e. The molecule has 2 fully saturated rings. The van der Waals surface area contributed by atoms with Crippen LogP contribution in [0.1, 0.15) is 25.7 Å². The van der Waals surface area contributed by atoms with Gasteiger partial charge in [0.15, 0.2) is 9.84 Å². The van der Waals surface area contributed by atoms with Gasteiger partial charge in [0.05, 0.1) is 17.4 Å². The van der Waals surface area contributed by atoms with Crippen molar-refractivity contribution in [1.82, 2.24) is 4.90 Å². The van der Waals surface area contributed by atoms with Gasteiger partial charge in [0.1, 0.15) is 5.84 Å². The summed E-state index contributed by atoms with van der Waals surface area (Å²) in [6.07, 6.45) is 2.61. The van der Waals surface area contributed by atoms with Gasteiger partial charge in [0.2, 0.25) is 5.91 Å². The third kappa shape index (κ3) is 3.59. The molecule has 0 aromatic carbocycles. The summed E-state index contributed by atoms with van der Waals surface area (Å²) >= 11 is 0. The Hall–Kier alpha value is -1.31. The number of nitrogens with two attached hydrogens (primary N) is 1. The molecule has 1 aliphatic heterocycles. The molecule has 7 nitrogen and oxygen atoms in total. The van der Waals surface area contributed by atoms with Gasteiger partial charge in [-0.2, -0.15) is 0 Å². The molecule has 0 spiro atoms. The van der Waals surface area contributed by atoms with E-state index in [2.05, 4.69) is 5.16 Å². The van der Waals surface area contributed by atoms with E-state index in [1.54, 1.807) is 4.90 Å². The lowest BCUT2D eigenvalue weighted by atomic mass is 10.1. The summed E-state index contributed by atoms with van der Waals surface area (Å²) in [5.41, 5.74) is 5.40. The Labute approximate surface area is 112 Å². The average molecular weight is 289 g/mol. The van der Waals surface area contributed by atoms with Crippen molar-refractivity contribution < 1.29 is 18.4 Å². The Balaban J connectivity index is 1.97. The van der Waals surface area contributed by atoms with E-state index in [1.165, 1.54) is 0 Å². The number of hydrogen-bond donors (Lipinski definition) is 2. The maximum Gasteiger partial charge on any atom is 0.227 e. The SMILES string of the molecule is NC(CCN(C(=O)C1CCS(=O)(=O)C1)C1CC1)=NO. The standard InChI is InChI=1S/C11H19N3O4S/c12-10(13-16)3-5-14(9-1-2-9)11(15)8-4-6-19(17,18)7-8/h8-9,16H,1-7H2,(H2,12,13). The molecule has 1 unspecified atom stereocenters. The second kappa shape index (κ2) is 5.36. The Morgan fingerprint density at radius 1 is 1.37 bits per heavy atom. The van der Waals surface area contributed by atoms with Crippen molar-refractivity contribution in [2.24, 2.45) is 16.8 Å². The first-order chi connectivity index (χ1) is 8.93. The smallest absolute Gasteiger partial charge is 0.227 e. The molecule has 0 bridgehead atoms. The monoisotopic (exact) mass is 289 g/mol. The fraction of sp³-hybridized carbons (Fsp3) is 0.818. The molecule has 19 heavy (non-hydrogen) atoms. The number of sulfone groups is 1. The molecular formula is C11H19N3O4S. The maximum atomic E-state index is 12.3. The first-order valence-corrected chi connectivity index (χ1v) is 8.22. The lowest BCUT2D eigenvalue weighted by Gasteiger charge is -2.24. The highest BCUT2D eigenvalue weighted by Gasteiger charge is 2.40. The molecule has 2 rings (SSSR count). The van der Waals surface area contributed by atoms with Crippen LogP contribution in [0.3, 0.4) is 0 Å². The number of amides is 1. The van der Waals surface area contributed by atoms with Crippen LogP contribution in [0.25, 0.3) is 0 Å². The van der Waals surface area contributed by atoms with Crippen molar-refractivity contribution in [2.75, 3.05) is 18.1 Å². The molecule has 0 aromatic rings. The molecule has 1 amide bonds. The lowest BCUT2D eigenvalue weighted by molar-refractivity contribution is -0.135. The first kappa shape index (κ1) is 14.1. The second-order valence-electron chi connectivity index (χ2n) is 5.20.